The second-order valence-electron chi connectivity index (χ2n) is 5.96. The number of hydrogen-bond donors (Lipinski definition) is 2. The molecule has 1 fully saturated rings. The zero-order valence-electron chi connectivity index (χ0n) is 13.6. The van der Waals surface area contributed by atoms with E-state index in [1.807, 2.05) is 12.1 Å². The van der Waals surface area contributed by atoms with Gasteiger partial charge in [-0.1, -0.05) is 23.7 Å². The summed E-state index contributed by atoms with van der Waals surface area (Å²) >= 11 is 5.79. The zero-order chi connectivity index (χ0) is 17.6. The summed E-state index contributed by atoms with van der Waals surface area (Å²) in [6.07, 6.45) is 2.13. The molecule has 3 rings (SSSR count). The van der Waals surface area contributed by atoms with Crippen molar-refractivity contribution in [2.45, 2.75) is 25.4 Å². The molecule has 0 atom stereocenters. The van der Waals surface area contributed by atoms with Gasteiger partial charge in [-0.05, 0) is 54.8 Å². The number of hydrogen-bond acceptors (Lipinski definition) is 3. The van der Waals surface area contributed by atoms with Crippen LogP contribution in [0.1, 0.15) is 28.8 Å². The molecule has 6 heteroatoms. The fourth-order valence-corrected chi connectivity index (χ4v) is 2.33. The van der Waals surface area contributed by atoms with Crippen LogP contribution < -0.4 is 15.4 Å². The molecule has 0 bridgehead atoms. The van der Waals surface area contributed by atoms with Crippen LogP contribution in [0.4, 0.5) is 0 Å². The van der Waals surface area contributed by atoms with Crippen LogP contribution in [0.25, 0.3) is 0 Å². The van der Waals surface area contributed by atoms with E-state index in [9.17, 15) is 9.59 Å². The molecule has 0 heterocycles. The first-order chi connectivity index (χ1) is 12.1. The Morgan fingerprint density at radius 2 is 1.72 bits per heavy atom. The summed E-state index contributed by atoms with van der Waals surface area (Å²) in [4.78, 5) is 23.7. The van der Waals surface area contributed by atoms with Crippen LogP contribution in [-0.2, 0) is 11.3 Å². The van der Waals surface area contributed by atoms with Gasteiger partial charge in [-0.3, -0.25) is 9.59 Å². The van der Waals surface area contributed by atoms with Crippen molar-refractivity contribution >= 4 is 23.4 Å². The van der Waals surface area contributed by atoms with Gasteiger partial charge < -0.3 is 15.4 Å². The topological polar surface area (TPSA) is 67.4 Å². The Balaban J connectivity index is 1.42. The fourth-order valence-electron chi connectivity index (χ4n) is 2.20. The second kappa shape index (κ2) is 8.03. The fraction of sp³-hybridized carbons (Fsp3) is 0.263. The lowest BCUT2D eigenvalue weighted by molar-refractivity contribution is -0.123. The van der Waals surface area contributed by atoms with Crippen LogP contribution in [0.3, 0.4) is 0 Å². The molecule has 0 aliphatic heterocycles. The van der Waals surface area contributed by atoms with Gasteiger partial charge in [0.2, 0.25) is 0 Å². The number of carbonyl (C=O) groups is 2. The predicted octanol–water partition coefficient (Wildman–Crippen LogP) is 2.93. The molecule has 0 spiro atoms. The minimum absolute atomic E-state index is 0.0468. The lowest BCUT2D eigenvalue weighted by Crippen LogP contribution is -2.28. The van der Waals surface area contributed by atoms with Crippen molar-refractivity contribution in [3.05, 3.63) is 64.7 Å². The van der Waals surface area contributed by atoms with E-state index < -0.39 is 0 Å². The molecule has 0 aromatic heterocycles. The van der Waals surface area contributed by atoms with Gasteiger partial charge in [-0.25, -0.2) is 0 Å². The third-order valence-electron chi connectivity index (χ3n) is 3.80. The molecular weight excluding hydrogens is 340 g/mol. The van der Waals surface area contributed by atoms with E-state index in [0.29, 0.717) is 28.9 Å². The average molecular weight is 359 g/mol. The van der Waals surface area contributed by atoms with Gasteiger partial charge >= 0.3 is 0 Å². The first-order valence-corrected chi connectivity index (χ1v) is 8.53. The maximum Gasteiger partial charge on any atom is 0.258 e. The summed E-state index contributed by atoms with van der Waals surface area (Å²) in [7, 11) is 0. The number of benzene rings is 2. The van der Waals surface area contributed by atoms with E-state index in [1.54, 1.807) is 36.4 Å². The Kier molecular flexibility index (Phi) is 5.56. The maximum atomic E-state index is 11.9. The van der Waals surface area contributed by atoms with E-state index >= 15 is 0 Å². The average Bonchev–Trinajstić information content (AvgIpc) is 3.44. The lowest BCUT2D eigenvalue weighted by Gasteiger charge is -2.08. The molecule has 1 aliphatic rings. The number of amides is 2. The normalized spacial score (nSPS) is 13.2. The summed E-state index contributed by atoms with van der Waals surface area (Å²) in [6.45, 7) is 0.316. The van der Waals surface area contributed by atoms with Crippen LogP contribution in [0.15, 0.2) is 48.5 Å². The van der Waals surface area contributed by atoms with Crippen molar-refractivity contribution in [1.29, 1.82) is 0 Å². The quantitative estimate of drug-likeness (QED) is 0.799. The summed E-state index contributed by atoms with van der Waals surface area (Å²) in [5.41, 5.74) is 1.55. The smallest absolute Gasteiger partial charge is 0.258 e. The first-order valence-electron chi connectivity index (χ1n) is 8.15. The highest BCUT2D eigenvalue weighted by atomic mass is 35.5. The van der Waals surface area contributed by atoms with Crippen LogP contribution in [0.5, 0.6) is 5.75 Å². The highest BCUT2D eigenvalue weighted by molar-refractivity contribution is 6.30. The Bertz CT molecular complexity index is 740. The van der Waals surface area contributed by atoms with Crippen molar-refractivity contribution < 1.29 is 14.3 Å². The van der Waals surface area contributed by atoms with Gasteiger partial charge in [0.15, 0.2) is 6.61 Å². The SMILES string of the molecule is O=C(COc1ccc(Cl)cc1)NCc1ccc(C(=O)NC2CC2)cc1. The second-order valence-corrected chi connectivity index (χ2v) is 6.40. The molecule has 25 heavy (non-hydrogen) atoms. The first kappa shape index (κ1) is 17.3. The largest absolute Gasteiger partial charge is 0.484 e. The third kappa shape index (κ3) is 5.50. The molecule has 0 radical (unpaired) electrons. The Morgan fingerprint density at radius 1 is 1.04 bits per heavy atom. The minimum Gasteiger partial charge on any atom is -0.484 e. The number of rotatable bonds is 7. The van der Waals surface area contributed by atoms with Crippen molar-refractivity contribution in [3.8, 4) is 5.75 Å². The standard InChI is InChI=1S/C19H19ClN2O3/c20-15-5-9-17(10-6-15)25-12-18(23)21-11-13-1-3-14(4-2-13)19(24)22-16-7-8-16/h1-6,9-10,16H,7-8,11-12H2,(H,21,23)(H,22,24). The van der Waals surface area contributed by atoms with Gasteiger partial charge in [0.1, 0.15) is 5.75 Å². The molecule has 2 amide bonds. The van der Waals surface area contributed by atoms with E-state index in [4.69, 9.17) is 16.3 Å². The monoisotopic (exact) mass is 358 g/mol. The van der Waals surface area contributed by atoms with Crippen LogP contribution >= 0.6 is 11.6 Å². The third-order valence-corrected chi connectivity index (χ3v) is 4.05. The molecule has 0 saturated heterocycles. The molecular formula is C19H19ClN2O3. The zero-order valence-corrected chi connectivity index (χ0v) is 14.4. The summed E-state index contributed by atoms with van der Waals surface area (Å²) in [6, 6.07) is 14.4. The van der Waals surface area contributed by atoms with Gasteiger partial charge in [0.05, 0.1) is 0 Å². The molecule has 130 valence electrons. The Hall–Kier alpha value is -2.53. The van der Waals surface area contributed by atoms with Gasteiger partial charge in [0.25, 0.3) is 11.8 Å². The van der Waals surface area contributed by atoms with Crippen LogP contribution in [0.2, 0.25) is 5.02 Å². The van der Waals surface area contributed by atoms with Crippen molar-refractivity contribution in [3.63, 3.8) is 0 Å². The van der Waals surface area contributed by atoms with Crippen LogP contribution in [-0.4, -0.2) is 24.5 Å². The molecule has 2 N–H and O–H groups in total. The van der Waals surface area contributed by atoms with E-state index in [-0.39, 0.29) is 18.4 Å². The Labute approximate surface area is 151 Å². The van der Waals surface area contributed by atoms with E-state index in [0.717, 1.165) is 18.4 Å². The molecule has 1 saturated carbocycles. The molecule has 0 unspecified atom stereocenters. The molecule has 2 aromatic carbocycles. The minimum atomic E-state index is -0.217. The number of nitrogens with one attached hydrogen (secondary N) is 2. The summed E-state index contributed by atoms with van der Waals surface area (Å²) in [5.74, 6) is 0.325. The number of ether oxygens (including phenoxy) is 1. The van der Waals surface area contributed by atoms with E-state index in [2.05, 4.69) is 10.6 Å². The maximum absolute atomic E-state index is 11.9. The van der Waals surface area contributed by atoms with Crippen molar-refractivity contribution in [2.24, 2.45) is 0 Å². The number of halogens is 1. The predicted molar refractivity (Wildman–Crippen MR) is 95.7 cm³/mol. The molecule has 1 aliphatic carbocycles. The summed E-state index contributed by atoms with van der Waals surface area (Å²) < 4.78 is 5.38. The summed E-state index contributed by atoms with van der Waals surface area (Å²) in [5, 5.41) is 6.34. The van der Waals surface area contributed by atoms with E-state index in [1.165, 1.54) is 0 Å². The number of carbonyl (C=O) groups excluding carboxylic acids is 2. The lowest BCUT2D eigenvalue weighted by atomic mass is 10.1. The van der Waals surface area contributed by atoms with Crippen molar-refractivity contribution in [1.82, 2.24) is 10.6 Å². The Morgan fingerprint density at radius 3 is 2.36 bits per heavy atom. The highest BCUT2D eigenvalue weighted by Gasteiger charge is 2.23. The van der Waals surface area contributed by atoms with Crippen molar-refractivity contribution in [2.75, 3.05) is 6.61 Å². The highest BCUT2D eigenvalue weighted by Crippen LogP contribution is 2.19. The molecule has 2 aromatic rings. The molecule has 5 nitrogen and oxygen atoms in total. The van der Waals surface area contributed by atoms with Gasteiger partial charge in [0, 0.05) is 23.2 Å². The van der Waals surface area contributed by atoms with Gasteiger partial charge in [-0.2, -0.15) is 0 Å². The van der Waals surface area contributed by atoms with Gasteiger partial charge in [-0.15, -0.1) is 0 Å². The van der Waals surface area contributed by atoms with Crippen LogP contribution in [0, 0.1) is 0 Å².